The molecule has 6 nitrogen and oxygen atoms in total. The second-order valence-corrected chi connectivity index (χ2v) is 9.72. The number of halogens is 2. The van der Waals surface area contributed by atoms with Crippen molar-refractivity contribution < 1.29 is 18.3 Å². The molecule has 0 spiro atoms. The van der Waals surface area contributed by atoms with E-state index in [1.807, 2.05) is 56.3 Å². The first-order chi connectivity index (χ1) is 18.0. The summed E-state index contributed by atoms with van der Waals surface area (Å²) in [6.07, 6.45) is 0.222. The fourth-order valence-corrected chi connectivity index (χ4v) is 4.32. The number of anilines is 1. The van der Waals surface area contributed by atoms with E-state index < -0.39 is 5.92 Å². The lowest BCUT2D eigenvalue weighted by atomic mass is 9.99. The topological polar surface area (TPSA) is 67.4 Å². The SMILES string of the molecule is COc1ccc(-c2ccc3nc(C)nc(N[C@H](C)c4cccc(C(C)(F)F)c4)c3c2)cc1CC(=O)N(C)C. The molecule has 0 saturated carbocycles. The molecule has 198 valence electrons. The Balaban J connectivity index is 1.72. The van der Waals surface area contributed by atoms with Gasteiger partial charge in [-0.3, -0.25) is 4.79 Å². The Morgan fingerprint density at radius 2 is 1.76 bits per heavy atom. The average molecular weight is 519 g/mol. The van der Waals surface area contributed by atoms with Crippen molar-refractivity contribution >= 4 is 22.6 Å². The molecule has 0 radical (unpaired) electrons. The molecule has 4 rings (SSSR count). The second-order valence-electron chi connectivity index (χ2n) is 9.72. The fourth-order valence-electron chi connectivity index (χ4n) is 4.32. The molecule has 0 aliphatic rings. The smallest absolute Gasteiger partial charge is 0.270 e. The van der Waals surface area contributed by atoms with Gasteiger partial charge in [0.25, 0.3) is 5.92 Å². The molecule has 0 bridgehead atoms. The molecule has 0 saturated heterocycles. The Kier molecular flexibility index (Phi) is 7.62. The highest BCUT2D eigenvalue weighted by atomic mass is 19.3. The van der Waals surface area contributed by atoms with Crippen LogP contribution in [0, 0.1) is 6.92 Å². The number of methoxy groups -OCH3 is 1. The Labute approximate surface area is 221 Å². The van der Waals surface area contributed by atoms with E-state index in [-0.39, 0.29) is 23.9 Å². The summed E-state index contributed by atoms with van der Waals surface area (Å²) in [4.78, 5) is 23.1. The van der Waals surface area contributed by atoms with E-state index in [0.29, 0.717) is 17.4 Å². The van der Waals surface area contributed by atoms with Crippen LogP contribution in [-0.2, 0) is 17.1 Å². The normalized spacial score (nSPS) is 12.3. The van der Waals surface area contributed by atoms with Gasteiger partial charge >= 0.3 is 0 Å². The lowest BCUT2D eigenvalue weighted by Crippen LogP contribution is -2.23. The quantitative estimate of drug-likeness (QED) is 0.287. The standard InChI is InChI=1S/C30H32F2N4O2/c1-18(20-8-7-9-24(15-20)30(3,31)32)33-29-25-16-22(10-12-26(25)34-19(2)35-29)21-11-13-27(38-6)23(14-21)17-28(37)36(4)5/h7-16,18H,17H2,1-6H3,(H,33,34,35)/t18-/m1/s1. The van der Waals surface area contributed by atoms with E-state index in [0.717, 1.165) is 40.1 Å². The van der Waals surface area contributed by atoms with Gasteiger partial charge in [-0.1, -0.05) is 30.3 Å². The first kappa shape index (κ1) is 27.0. The molecule has 38 heavy (non-hydrogen) atoms. The molecule has 0 aliphatic carbocycles. The molecule has 0 aliphatic heterocycles. The zero-order valence-corrected chi connectivity index (χ0v) is 22.5. The third kappa shape index (κ3) is 5.90. The highest BCUT2D eigenvalue weighted by Gasteiger charge is 2.25. The number of rotatable bonds is 8. The minimum atomic E-state index is -2.92. The molecule has 1 amide bonds. The van der Waals surface area contributed by atoms with E-state index in [2.05, 4.69) is 15.3 Å². The van der Waals surface area contributed by atoms with Crippen LogP contribution in [0.5, 0.6) is 5.75 Å². The van der Waals surface area contributed by atoms with Gasteiger partial charge in [-0.15, -0.1) is 0 Å². The molecule has 1 heterocycles. The summed E-state index contributed by atoms with van der Waals surface area (Å²) in [5, 5.41) is 4.21. The number of nitrogens with one attached hydrogen (secondary N) is 1. The maximum absolute atomic E-state index is 13.9. The Hall–Kier alpha value is -4.07. The second kappa shape index (κ2) is 10.7. The number of amides is 1. The number of alkyl halides is 2. The van der Waals surface area contributed by atoms with E-state index in [1.165, 1.54) is 12.1 Å². The number of likely N-dealkylation sites (N-methyl/N-ethyl adjacent to an activating group) is 1. The number of nitrogens with zero attached hydrogens (tertiary/aromatic N) is 3. The number of ether oxygens (including phenoxy) is 1. The third-order valence-corrected chi connectivity index (χ3v) is 6.51. The molecule has 0 unspecified atom stereocenters. The lowest BCUT2D eigenvalue weighted by molar-refractivity contribution is -0.127. The minimum Gasteiger partial charge on any atom is -0.496 e. The summed E-state index contributed by atoms with van der Waals surface area (Å²) >= 11 is 0. The average Bonchev–Trinajstić information content (AvgIpc) is 2.87. The van der Waals surface area contributed by atoms with Crippen LogP contribution in [0.4, 0.5) is 14.6 Å². The van der Waals surface area contributed by atoms with Crippen LogP contribution >= 0.6 is 0 Å². The van der Waals surface area contributed by atoms with Crippen LogP contribution in [-0.4, -0.2) is 42.0 Å². The summed E-state index contributed by atoms with van der Waals surface area (Å²) in [6.45, 7) is 4.63. The fraction of sp³-hybridized carbons (Fsp3) is 0.300. The summed E-state index contributed by atoms with van der Waals surface area (Å²) in [6, 6.07) is 17.8. The first-order valence-corrected chi connectivity index (χ1v) is 12.4. The van der Waals surface area contributed by atoms with E-state index >= 15 is 0 Å². The highest BCUT2D eigenvalue weighted by molar-refractivity contribution is 5.93. The maximum atomic E-state index is 13.9. The number of carbonyl (C=O) groups is 1. The number of benzene rings is 3. The van der Waals surface area contributed by atoms with Crippen LogP contribution in [0.3, 0.4) is 0 Å². The summed E-state index contributed by atoms with van der Waals surface area (Å²) in [5.41, 5.74) is 4.11. The predicted molar refractivity (Wildman–Crippen MR) is 147 cm³/mol. The summed E-state index contributed by atoms with van der Waals surface area (Å²) in [7, 11) is 5.04. The minimum absolute atomic E-state index is 0.0202. The van der Waals surface area contributed by atoms with Crippen LogP contribution in [0.2, 0.25) is 0 Å². The van der Waals surface area contributed by atoms with Crippen LogP contribution in [0.15, 0.2) is 60.7 Å². The van der Waals surface area contributed by atoms with E-state index in [4.69, 9.17) is 4.74 Å². The Morgan fingerprint density at radius 3 is 2.45 bits per heavy atom. The Morgan fingerprint density at radius 1 is 1.05 bits per heavy atom. The molecule has 3 aromatic carbocycles. The summed E-state index contributed by atoms with van der Waals surface area (Å²) < 4.78 is 33.3. The highest BCUT2D eigenvalue weighted by Crippen LogP contribution is 2.33. The molecular weight excluding hydrogens is 486 g/mol. The van der Waals surface area contributed by atoms with Crippen molar-refractivity contribution in [1.82, 2.24) is 14.9 Å². The number of fused-ring (bicyclic) bond motifs is 1. The first-order valence-electron chi connectivity index (χ1n) is 12.4. The molecule has 1 atom stereocenters. The number of aromatic nitrogens is 2. The van der Waals surface area contributed by atoms with Crippen LogP contribution in [0.1, 0.15) is 42.4 Å². The van der Waals surface area contributed by atoms with Crippen molar-refractivity contribution in [1.29, 1.82) is 0 Å². The van der Waals surface area contributed by atoms with Gasteiger partial charge in [0.05, 0.1) is 19.0 Å². The van der Waals surface area contributed by atoms with E-state index in [9.17, 15) is 13.6 Å². The van der Waals surface area contributed by atoms with Crippen LogP contribution in [0.25, 0.3) is 22.0 Å². The molecule has 0 fully saturated rings. The van der Waals surface area contributed by atoms with Crippen molar-refractivity contribution in [2.75, 3.05) is 26.5 Å². The zero-order chi connectivity index (χ0) is 27.6. The van der Waals surface area contributed by atoms with Crippen molar-refractivity contribution in [3.05, 3.63) is 83.2 Å². The van der Waals surface area contributed by atoms with Gasteiger partial charge in [0.2, 0.25) is 5.91 Å². The van der Waals surface area contributed by atoms with Gasteiger partial charge in [-0.05, 0) is 60.9 Å². The lowest BCUT2D eigenvalue weighted by Gasteiger charge is -2.19. The number of hydrogen-bond donors (Lipinski definition) is 1. The number of aryl methyl sites for hydroxylation is 1. The summed E-state index contributed by atoms with van der Waals surface area (Å²) in [5.74, 6) is -1.07. The van der Waals surface area contributed by atoms with Crippen molar-refractivity contribution in [2.24, 2.45) is 0 Å². The molecule has 1 N–H and O–H groups in total. The number of hydrogen-bond acceptors (Lipinski definition) is 5. The van der Waals surface area contributed by atoms with Gasteiger partial charge < -0.3 is 15.0 Å². The monoisotopic (exact) mass is 518 g/mol. The zero-order valence-electron chi connectivity index (χ0n) is 22.5. The van der Waals surface area contributed by atoms with Crippen molar-refractivity contribution in [2.45, 2.75) is 39.2 Å². The van der Waals surface area contributed by atoms with Crippen molar-refractivity contribution in [3.63, 3.8) is 0 Å². The molecular formula is C30H32F2N4O2. The maximum Gasteiger partial charge on any atom is 0.270 e. The largest absolute Gasteiger partial charge is 0.496 e. The van der Waals surface area contributed by atoms with Crippen molar-refractivity contribution in [3.8, 4) is 16.9 Å². The molecule has 4 aromatic rings. The van der Waals surface area contributed by atoms with Gasteiger partial charge in [-0.2, -0.15) is 0 Å². The van der Waals surface area contributed by atoms with Gasteiger partial charge in [0.1, 0.15) is 17.4 Å². The predicted octanol–water partition coefficient (Wildman–Crippen LogP) is 6.53. The van der Waals surface area contributed by atoms with E-state index in [1.54, 1.807) is 32.2 Å². The molecule has 8 heteroatoms. The van der Waals surface area contributed by atoms with Gasteiger partial charge in [0.15, 0.2) is 0 Å². The van der Waals surface area contributed by atoms with Gasteiger partial charge in [-0.25, -0.2) is 18.7 Å². The third-order valence-electron chi connectivity index (χ3n) is 6.51. The van der Waals surface area contributed by atoms with Gasteiger partial charge in [0, 0.05) is 43.6 Å². The molecule has 1 aromatic heterocycles. The Bertz CT molecular complexity index is 1480. The van der Waals surface area contributed by atoms with Crippen LogP contribution < -0.4 is 10.1 Å². The number of carbonyl (C=O) groups excluding carboxylic acids is 1.